The number of fused-ring (bicyclic) bond motifs is 1. The van der Waals surface area contributed by atoms with Crippen LogP contribution in [0.15, 0.2) is 47.4 Å². The van der Waals surface area contributed by atoms with Crippen LogP contribution in [0.3, 0.4) is 0 Å². The number of amides is 1. The van der Waals surface area contributed by atoms with Crippen molar-refractivity contribution in [3.63, 3.8) is 0 Å². The van der Waals surface area contributed by atoms with Gasteiger partial charge in [-0.05, 0) is 62.1 Å². The highest BCUT2D eigenvalue weighted by molar-refractivity contribution is 7.98. The van der Waals surface area contributed by atoms with Crippen molar-refractivity contribution in [1.82, 2.24) is 4.98 Å². The number of aromatic amines is 1. The van der Waals surface area contributed by atoms with Crippen LogP contribution >= 0.6 is 11.8 Å². The van der Waals surface area contributed by atoms with Gasteiger partial charge in [0.05, 0.1) is 0 Å². The summed E-state index contributed by atoms with van der Waals surface area (Å²) in [4.78, 5) is 16.9. The third-order valence-electron chi connectivity index (χ3n) is 3.90. The third-order valence-corrected chi connectivity index (χ3v) is 4.62. The molecule has 1 aromatic heterocycles. The van der Waals surface area contributed by atoms with Crippen LogP contribution in [0.4, 0.5) is 5.69 Å². The van der Waals surface area contributed by atoms with Gasteiger partial charge in [0.15, 0.2) is 0 Å². The van der Waals surface area contributed by atoms with E-state index < -0.39 is 0 Å². The Labute approximate surface area is 134 Å². The summed E-state index contributed by atoms with van der Waals surface area (Å²) in [6.07, 6.45) is 2.02. The van der Waals surface area contributed by atoms with Crippen LogP contribution < -0.4 is 5.32 Å². The van der Waals surface area contributed by atoms with Gasteiger partial charge in [-0.2, -0.15) is 0 Å². The number of anilines is 1. The van der Waals surface area contributed by atoms with E-state index in [-0.39, 0.29) is 5.91 Å². The second kappa shape index (κ2) is 5.89. The summed E-state index contributed by atoms with van der Waals surface area (Å²) in [5, 5.41) is 4.06. The lowest BCUT2D eigenvalue weighted by Gasteiger charge is -2.07. The summed E-state index contributed by atoms with van der Waals surface area (Å²) >= 11 is 1.66. The summed E-state index contributed by atoms with van der Waals surface area (Å²) in [7, 11) is 0. The molecule has 2 N–H and O–H groups in total. The highest BCUT2D eigenvalue weighted by Gasteiger charge is 2.10. The quantitative estimate of drug-likeness (QED) is 0.685. The van der Waals surface area contributed by atoms with Crippen molar-refractivity contribution < 1.29 is 4.79 Å². The Balaban J connectivity index is 1.89. The number of nitrogens with one attached hydrogen (secondary N) is 2. The fraction of sp³-hybridized carbons (Fsp3) is 0.167. The van der Waals surface area contributed by atoms with E-state index in [0.29, 0.717) is 5.56 Å². The van der Waals surface area contributed by atoms with Crippen molar-refractivity contribution in [2.75, 3.05) is 11.6 Å². The Morgan fingerprint density at radius 1 is 1.14 bits per heavy atom. The number of H-pyrrole nitrogens is 1. The van der Waals surface area contributed by atoms with E-state index in [1.54, 1.807) is 11.8 Å². The van der Waals surface area contributed by atoms with E-state index in [2.05, 4.69) is 17.2 Å². The standard InChI is InChI=1S/C18H18N2OS/c1-11-12(2)19-17-8-7-13(9-16(11)17)18(21)20-14-5-4-6-15(10-14)22-3/h4-10,19H,1-3H3,(H,20,21). The molecule has 0 saturated carbocycles. The van der Waals surface area contributed by atoms with Crippen LogP contribution in [-0.2, 0) is 0 Å². The van der Waals surface area contributed by atoms with Crippen molar-refractivity contribution in [1.29, 1.82) is 0 Å². The largest absolute Gasteiger partial charge is 0.358 e. The molecule has 0 atom stereocenters. The maximum atomic E-state index is 12.4. The van der Waals surface area contributed by atoms with Crippen molar-refractivity contribution >= 4 is 34.3 Å². The predicted octanol–water partition coefficient (Wildman–Crippen LogP) is 4.76. The van der Waals surface area contributed by atoms with Crippen molar-refractivity contribution in [3.8, 4) is 0 Å². The number of hydrogen-bond donors (Lipinski definition) is 2. The topological polar surface area (TPSA) is 44.9 Å². The average Bonchev–Trinajstić information content (AvgIpc) is 2.82. The first-order chi connectivity index (χ1) is 10.6. The van der Waals surface area contributed by atoms with Gasteiger partial charge >= 0.3 is 0 Å². The molecule has 22 heavy (non-hydrogen) atoms. The molecule has 0 radical (unpaired) electrons. The lowest BCUT2D eigenvalue weighted by Crippen LogP contribution is -2.11. The summed E-state index contributed by atoms with van der Waals surface area (Å²) in [6, 6.07) is 13.6. The molecule has 0 aliphatic carbocycles. The van der Waals surface area contributed by atoms with Crippen LogP contribution in [0.1, 0.15) is 21.6 Å². The molecular weight excluding hydrogens is 292 g/mol. The van der Waals surface area contributed by atoms with Crippen molar-refractivity contribution in [2.45, 2.75) is 18.7 Å². The number of aromatic nitrogens is 1. The molecule has 0 spiro atoms. The maximum Gasteiger partial charge on any atom is 0.255 e. The third kappa shape index (κ3) is 2.74. The zero-order valence-electron chi connectivity index (χ0n) is 12.9. The molecule has 112 valence electrons. The summed E-state index contributed by atoms with van der Waals surface area (Å²) in [6.45, 7) is 4.11. The van der Waals surface area contributed by atoms with E-state index in [9.17, 15) is 4.79 Å². The molecule has 1 heterocycles. The predicted molar refractivity (Wildman–Crippen MR) is 93.9 cm³/mol. The molecule has 0 aliphatic heterocycles. The highest BCUT2D eigenvalue weighted by Crippen LogP contribution is 2.23. The second-order valence-electron chi connectivity index (χ2n) is 5.32. The average molecular weight is 310 g/mol. The number of rotatable bonds is 3. The van der Waals surface area contributed by atoms with Gasteiger partial charge in [0, 0.05) is 32.7 Å². The first-order valence-corrected chi connectivity index (χ1v) is 8.35. The molecule has 2 aromatic carbocycles. The Bertz CT molecular complexity index is 851. The van der Waals surface area contributed by atoms with Gasteiger partial charge in [0.25, 0.3) is 5.91 Å². The van der Waals surface area contributed by atoms with Crippen LogP contribution in [-0.4, -0.2) is 17.1 Å². The van der Waals surface area contributed by atoms with E-state index in [4.69, 9.17) is 0 Å². The Hall–Kier alpha value is -2.20. The van der Waals surface area contributed by atoms with Gasteiger partial charge in [-0.25, -0.2) is 0 Å². The Kier molecular flexibility index (Phi) is 3.94. The van der Waals surface area contributed by atoms with Gasteiger partial charge in [-0.3, -0.25) is 4.79 Å². The number of carbonyl (C=O) groups excluding carboxylic acids is 1. The zero-order chi connectivity index (χ0) is 15.7. The highest BCUT2D eigenvalue weighted by atomic mass is 32.2. The van der Waals surface area contributed by atoms with E-state index in [1.165, 1.54) is 5.56 Å². The maximum absolute atomic E-state index is 12.4. The number of aryl methyl sites for hydroxylation is 2. The number of carbonyl (C=O) groups is 1. The van der Waals surface area contributed by atoms with Crippen LogP contribution in [0.25, 0.3) is 10.9 Å². The van der Waals surface area contributed by atoms with E-state index in [1.807, 2.05) is 55.6 Å². The molecule has 0 fully saturated rings. The van der Waals surface area contributed by atoms with Gasteiger partial charge in [0.1, 0.15) is 0 Å². The van der Waals surface area contributed by atoms with Crippen molar-refractivity contribution in [3.05, 3.63) is 59.3 Å². The van der Waals surface area contributed by atoms with Gasteiger partial charge in [0.2, 0.25) is 0 Å². The molecular formula is C18H18N2OS. The fourth-order valence-electron chi connectivity index (χ4n) is 2.51. The smallest absolute Gasteiger partial charge is 0.255 e. The minimum atomic E-state index is -0.0848. The molecule has 0 unspecified atom stereocenters. The normalized spacial score (nSPS) is 10.9. The van der Waals surface area contributed by atoms with Crippen LogP contribution in [0.5, 0.6) is 0 Å². The van der Waals surface area contributed by atoms with Gasteiger partial charge < -0.3 is 10.3 Å². The minimum Gasteiger partial charge on any atom is -0.358 e. The lowest BCUT2D eigenvalue weighted by molar-refractivity contribution is 0.102. The first kappa shape index (κ1) is 14.7. The van der Waals surface area contributed by atoms with Gasteiger partial charge in [-0.15, -0.1) is 11.8 Å². The lowest BCUT2D eigenvalue weighted by atomic mass is 10.1. The minimum absolute atomic E-state index is 0.0848. The van der Waals surface area contributed by atoms with E-state index >= 15 is 0 Å². The SMILES string of the molecule is CSc1cccc(NC(=O)c2ccc3[nH]c(C)c(C)c3c2)c1. The zero-order valence-corrected chi connectivity index (χ0v) is 13.7. The van der Waals surface area contributed by atoms with Crippen LogP contribution in [0.2, 0.25) is 0 Å². The van der Waals surface area contributed by atoms with Crippen molar-refractivity contribution in [2.24, 2.45) is 0 Å². The summed E-state index contributed by atoms with van der Waals surface area (Å²) in [5.41, 5.74) is 4.88. The molecule has 0 aliphatic rings. The fourth-order valence-corrected chi connectivity index (χ4v) is 2.97. The summed E-state index contributed by atoms with van der Waals surface area (Å²) in [5.74, 6) is -0.0848. The molecule has 3 nitrogen and oxygen atoms in total. The molecule has 1 amide bonds. The number of benzene rings is 2. The number of thioether (sulfide) groups is 1. The Morgan fingerprint density at radius 3 is 2.73 bits per heavy atom. The molecule has 0 saturated heterocycles. The molecule has 3 aromatic rings. The monoisotopic (exact) mass is 310 g/mol. The van der Waals surface area contributed by atoms with E-state index in [0.717, 1.165) is 27.2 Å². The molecule has 0 bridgehead atoms. The molecule has 3 rings (SSSR count). The van der Waals surface area contributed by atoms with Gasteiger partial charge in [-0.1, -0.05) is 6.07 Å². The Morgan fingerprint density at radius 2 is 1.95 bits per heavy atom. The van der Waals surface area contributed by atoms with Crippen LogP contribution in [0, 0.1) is 13.8 Å². The first-order valence-electron chi connectivity index (χ1n) is 7.13. The molecule has 4 heteroatoms. The number of hydrogen-bond acceptors (Lipinski definition) is 2. The second-order valence-corrected chi connectivity index (χ2v) is 6.20. The summed E-state index contributed by atoms with van der Waals surface area (Å²) < 4.78 is 0.